The van der Waals surface area contributed by atoms with Gasteiger partial charge in [0.05, 0.1) is 6.61 Å². The van der Waals surface area contributed by atoms with E-state index in [-0.39, 0.29) is 30.2 Å². The predicted molar refractivity (Wildman–Crippen MR) is 110 cm³/mol. The highest BCUT2D eigenvalue weighted by atomic mass is 19.1. The lowest BCUT2D eigenvalue weighted by Gasteiger charge is -2.33. The number of aromatic nitrogens is 2. The van der Waals surface area contributed by atoms with Crippen LogP contribution in [0.2, 0.25) is 0 Å². The van der Waals surface area contributed by atoms with Gasteiger partial charge in [-0.2, -0.15) is 4.98 Å². The minimum atomic E-state index is -0.366. The standard InChI is InChI=1S/C23H23F2N3O4/c24-16-4-8-18(9-5-16)30-14-12-21-26-23(32-27-21)20-3-1-2-13-28(20)22(29)15-31-19-10-6-17(25)7-11-19/h4-11,20H,1-3,12-15H2. The maximum absolute atomic E-state index is 13.0. The number of nitrogens with zero attached hydrogens (tertiary/aromatic N) is 3. The lowest BCUT2D eigenvalue weighted by molar-refractivity contribution is -0.138. The Hall–Kier alpha value is -3.49. The SMILES string of the molecule is O=C(COc1ccc(F)cc1)N1CCCCC1c1nc(CCOc2ccc(F)cc2)no1. The highest BCUT2D eigenvalue weighted by Crippen LogP contribution is 2.30. The zero-order valence-electron chi connectivity index (χ0n) is 17.4. The van der Waals surface area contributed by atoms with Gasteiger partial charge < -0.3 is 18.9 Å². The van der Waals surface area contributed by atoms with E-state index < -0.39 is 0 Å². The monoisotopic (exact) mass is 443 g/mol. The van der Waals surface area contributed by atoms with Crippen LogP contribution < -0.4 is 9.47 Å². The Labute approximate surface area is 183 Å². The zero-order chi connectivity index (χ0) is 22.3. The maximum Gasteiger partial charge on any atom is 0.261 e. The number of ether oxygens (including phenoxy) is 2. The molecule has 0 saturated carbocycles. The first-order valence-corrected chi connectivity index (χ1v) is 10.5. The summed E-state index contributed by atoms with van der Waals surface area (Å²) < 4.78 is 42.5. The van der Waals surface area contributed by atoms with Crippen LogP contribution in [0.4, 0.5) is 8.78 Å². The maximum atomic E-state index is 13.0. The molecule has 9 heteroatoms. The molecule has 3 aromatic rings. The van der Waals surface area contributed by atoms with E-state index in [2.05, 4.69) is 10.1 Å². The number of amides is 1. The molecule has 2 aromatic carbocycles. The van der Waals surface area contributed by atoms with Gasteiger partial charge in [-0.25, -0.2) is 8.78 Å². The van der Waals surface area contributed by atoms with Crippen molar-refractivity contribution in [1.82, 2.24) is 15.0 Å². The second-order valence-electron chi connectivity index (χ2n) is 7.44. The van der Waals surface area contributed by atoms with Crippen LogP contribution in [0.1, 0.15) is 37.0 Å². The molecule has 32 heavy (non-hydrogen) atoms. The third-order valence-corrected chi connectivity index (χ3v) is 5.18. The molecule has 1 unspecified atom stereocenters. The zero-order valence-corrected chi connectivity index (χ0v) is 17.4. The van der Waals surface area contributed by atoms with E-state index in [4.69, 9.17) is 14.0 Å². The molecule has 4 rings (SSSR count). The van der Waals surface area contributed by atoms with Crippen LogP contribution in [0, 0.1) is 11.6 Å². The van der Waals surface area contributed by atoms with E-state index >= 15 is 0 Å². The number of likely N-dealkylation sites (tertiary alicyclic amines) is 1. The molecule has 168 valence electrons. The van der Waals surface area contributed by atoms with Gasteiger partial charge in [-0.1, -0.05) is 5.16 Å². The second-order valence-corrected chi connectivity index (χ2v) is 7.44. The first-order valence-electron chi connectivity index (χ1n) is 10.5. The number of benzene rings is 2. The number of hydrogen-bond donors (Lipinski definition) is 0. The highest BCUT2D eigenvalue weighted by Gasteiger charge is 2.32. The normalized spacial score (nSPS) is 16.1. The van der Waals surface area contributed by atoms with Gasteiger partial charge >= 0.3 is 0 Å². The topological polar surface area (TPSA) is 77.7 Å². The predicted octanol–water partition coefficient (Wildman–Crippen LogP) is 4.10. The van der Waals surface area contributed by atoms with Gasteiger partial charge in [0, 0.05) is 13.0 Å². The van der Waals surface area contributed by atoms with E-state index in [1.807, 2.05) is 0 Å². The average molecular weight is 443 g/mol. The lowest BCUT2D eigenvalue weighted by Crippen LogP contribution is -2.41. The molecule has 1 aliphatic heterocycles. The first-order chi connectivity index (χ1) is 15.6. The van der Waals surface area contributed by atoms with Crippen LogP contribution in [-0.4, -0.2) is 40.7 Å². The Balaban J connectivity index is 1.32. The lowest BCUT2D eigenvalue weighted by atomic mass is 10.0. The number of carbonyl (C=O) groups excluding carboxylic acids is 1. The molecule has 1 aromatic heterocycles. The molecule has 1 atom stereocenters. The van der Waals surface area contributed by atoms with Gasteiger partial charge in [-0.15, -0.1) is 0 Å². The number of halogens is 2. The molecule has 7 nitrogen and oxygen atoms in total. The molecule has 1 fully saturated rings. The summed E-state index contributed by atoms with van der Waals surface area (Å²) in [4.78, 5) is 18.9. The van der Waals surface area contributed by atoms with Crippen LogP contribution in [0.5, 0.6) is 11.5 Å². The van der Waals surface area contributed by atoms with Gasteiger partial charge in [-0.05, 0) is 67.8 Å². The number of hydrogen-bond acceptors (Lipinski definition) is 6. The molecule has 0 spiro atoms. The van der Waals surface area contributed by atoms with E-state index in [0.29, 0.717) is 42.8 Å². The fourth-order valence-electron chi connectivity index (χ4n) is 3.54. The Kier molecular flexibility index (Phi) is 6.94. The van der Waals surface area contributed by atoms with Crippen molar-refractivity contribution in [2.45, 2.75) is 31.7 Å². The number of rotatable bonds is 8. The van der Waals surface area contributed by atoms with Crippen LogP contribution in [-0.2, 0) is 11.2 Å². The van der Waals surface area contributed by atoms with Crippen molar-refractivity contribution in [2.75, 3.05) is 19.8 Å². The smallest absolute Gasteiger partial charge is 0.261 e. The quantitative estimate of drug-likeness (QED) is 0.522. The van der Waals surface area contributed by atoms with Crippen molar-refractivity contribution >= 4 is 5.91 Å². The molecular formula is C23H23F2N3O4. The van der Waals surface area contributed by atoms with Gasteiger partial charge in [0.2, 0.25) is 5.89 Å². The van der Waals surface area contributed by atoms with Crippen molar-refractivity contribution in [2.24, 2.45) is 0 Å². The largest absolute Gasteiger partial charge is 0.493 e. The summed E-state index contributed by atoms with van der Waals surface area (Å²) in [6.07, 6.45) is 2.95. The molecule has 1 saturated heterocycles. The van der Waals surface area contributed by atoms with Crippen LogP contribution in [0.15, 0.2) is 53.1 Å². The minimum Gasteiger partial charge on any atom is -0.493 e. The molecule has 0 radical (unpaired) electrons. The summed E-state index contributed by atoms with van der Waals surface area (Å²) in [6, 6.07) is 11.0. The second kappa shape index (κ2) is 10.2. The van der Waals surface area contributed by atoms with Crippen LogP contribution in [0.25, 0.3) is 0 Å². The third kappa shape index (κ3) is 5.60. The third-order valence-electron chi connectivity index (χ3n) is 5.18. The Morgan fingerprint density at radius 3 is 2.34 bits per heavy atom. The molecule has 1 aliphatic rings. The Bertz CT molecular complexity index is 1020. The van der Waals surface area contributed by atoms with Gasteiger partial charge in [0.1, 0.15) is 29.2 Å². The number of carbonyl (C=O) groups is 1. The summed E-state index contributed by atoms with van der Waals surface area (Å²) in [6.45, 7) is 0.722. The fraction of sp³-hybridized carbons (Fsp3) is 0.348. The summed E-state index contributed by atoms with van der Waals surface area (Å²) in [5.74, 6) is 0.956. The van der Waals surface area contributed by atoms with Gasteiger partial charge in [-0.3, -0.25) is 4.79 Å². The summed E-state index contributed by atoms with van der Waals surface area (Å²) in [5.41, 5.74) is 0. The fourth-order valence-corrected chi connectivity index (χ4v) is 3.54. The van der Waals surface area contributed by atoms with Crippen LogP contribution in [0.3, 0.4) is 0 Å². The Morgan fingerprint density at radius 1 is 1.00 bits per heavy atom. The average Bonchev–Trinajstić information content (AvgIpc) is 3.28. The van der Waals surface area contributed by atoms with Gasteiger partial charge in [0.15, 0.2) is 12.4 Å². The van der Waals surface area contributed by atoms with E-state index in [1.54, 1.807) is 17.0 Å². The van der Waals surface area contributed by atoms with Crippen molar-refractivity contribution in [3.05, 3.63) is 71.9 Å². The Morgan fingerprint density at radius 2 is 1.66 bits per heavy atom. The summed E-state index contributed by atoms with van der Waals surface area (Å²) in [5, 5.41) is 4.00. The molecule has 1 amide bonds. The summed E-state index contributed by atoms with van der Waals surface area (Å²) in [7, 11) is 0. The molecular weight excluding hydrogens is 420 g/mol. The van der Waals surface area contributed by atoms with E-state index in [1.165, 1.54) is 36.4 Å². The van der Waals surface area contributed by atoms with Crippen molar-refractivity contribution in [3.63, 3.8) is 0 Å². The first kappa shape index (κ1) is 21.7. The van der Waals surface area contributed by atoms with Crippen molar-refractivity contribution in [1.29, 1.82) is 0 Å². The van der Waals surface area contributed by atoms with Crippen molar-refractivity contribution in [3.8, 4) is 11.5 Å². The molecule has 0 aliphatic carbocycles. The van der Waals surface area contributed by atoms with E-state index in [0.717, 1.165) is 19.3 Å². The number of piperidine rings is 1. The van der Waals surface area contributed by atoms with Crippen molar-refractivity contribution < 1.29 is 27.6 Å². The summed E-state index contributed by atoms with van der Waals surface area (Å²) >= 11 is 0. The molecule has 0 bridgehead atoms. The minimum absolute atomic E-state index is 0.158. The van der Waals surface area contributed by atoms with Crippen LogP contribution >= 0.6 is 0 Å². The highest BCUT2D eigenvalue weighted by molar-refractivity contribution is 5.78. The molecule has 0 N–H and O–H groups in total. The van der Waals surface area contributed by atoms with Gasteiger partial charge in [0.25, 0.3) is 5.91 Å². The molecule has 2 heterocycles. The van der Waals surface area contributed by atoms with E-state index in [9.17, 15) is 13.6 Å².